The summed E-state index contributed by atoms with van der Waals surface area (Å²) in [5.41, 5.74) is 1.20. The van der Waals surface area contributed by atoms with Crippen LogP contribution in [-0.2, 0) is 0 Å². The molecule has 0 fully saturated rings. The van der Waals surface area contributed by atoms with Crippen LogP contribution in [0, 0.1) is 0 Å². The van der Waals surface area contributed by atoms with Crippen molar-refractivity contribution in [2.24, 2.45) is 0 Å². The van der Waals surface area contributed by atoms with E-state index in [2.05, 4.69) is 0 Å². The molecule has 2 heteroatoms. The summed E-state index contributed by atoms with van der Waals surface area (Å²) in [5, 5.41) is 8.79. The first kappa shape index (κ1) is 11.8. The van der Waals surface area contributed by atoms with E-state index >= 15 is 0 Å². The maximum Gasteiger partial charge on any atom is 1.00 e. The molecule has 0 saturated carbocycles. The van der Waals surface area contributed by atoms with Crippen LogP contribution in [0.25, 0.3) is 0 Å². The Bertz CT molecular complexity index is 191. The topological polar surface area (TPSA) is 20.2 Å². The molecular weight excluding hydrogens is 163 g/mol. The quantitative estimate of drug-likeness (QED) is 0.567. The molecule has 0 aromatic heterocycles. The maximum absolute atomic E-state index is 8.79. The van der Waals surface area contributed by atoms with E-state index in [9.17, 15) is 0 Å². The third kappa shape index (κ3) is 3.83. The molecule has 0 aliphatic rings. The number of hydrogen-bond donors (Lipinski definition) is 1. The van der Waals surface area contributed by atoms with E-state index in [-0.39, 0.29) is 65.3 Å². The van der Waals surface area contributed by atoms with E-state index in [1.165, 1.54) is 5.56 Å². The summed E-state index contributed by atoms with van der Waals surface area (Å²) in [7, 11) is 0. The van der Waals surface area contributed by atoms with E-state index in [1.54, 1.807) is 0 Å². The summed E-state index contributed by atoms with van der Waals surface area (Å²) in [4.78, 5) is 0. The summed E-state index contributed by atoms with van der Waals surface area (Å²) in [6.45, 7) is 2.24. The van der Waals surface area contributed by atoms with Crippen molar-refractivity contribution in [3.63, 3.8) is 0 Å². The van der Waals surface area contributed by atoms with Crippen LogP contribution in [0.15, 0.2) is 30.3 Å². The zero-order valence-electron chi connectivity index (χ0n) is 8.12. The van der Waals surface area contributed by atoms with Crippen LogP contribution >= 0.6 is 0 Å². The molecule has 0 spiro atoms. The van der Waals surface area contributed by atoms with Crippen LogP contribution < -0.4 is 51.4 Å². The van der Waals surface area contributed by atoms with E-state index < -0.39 is 0 Å². The second-order valence-electron chi connectivity index (χ2n) is 2.49. The van der Waals surface area contributed by atoms with Crippen molar-refractivity contribution in [3.05, 3.63) is 35.9 Å². The van der Waals surface area contributed by atoms with Crippen LogP contribution in [0.5, 0.6) is 0 Å². The van der Waals surface area contributed by atoms with Gasteiger partial charge in [-0.3, -0.25) is 0 Å². The van der Waals surface area contributed by atoms with Gasteiger partial charge in [0.05, 0.1) is 0 Å². The second-order valence-corrected chi connectivity index (χ2v) is 2.49. The minimum absolute atomic E-state index is 0. The van der Waals surface area contributed by atoms with Crippen molar-refractivity contribution >= 4 is 0 Å². The fourth-order valence-electron chi connectivity index (χ4n) is 0.887. The molecule has 1 atom stereocenters. The summed E-state index contributed by atoms with van der Waals surface area (Å²) < 4.78 is 0. The Balaban J connectivity index is 0. The fourth-order valence-corrected chi connectivity index (χ4v) is 0.887. The molecule has 0 saturated heterocycles. The van der Waals surface area contributed by atoms with Crippen molar-refractivity contribution < 1.29 is 57.9 Å². The Morgan fingerprint density at radius 3 is 2.36 bits per heavy atom. The van der Waals surface area contributed by atoms with Gasteiger partial charge >= 0.3 is 51.4 Å². The molecule has 1 nitrogen and oxygen atoms in total. The van der Waals surface area contributed by atoms with Crippen molar-refractivity contribution in [2.75, 3.05) is 6.61 Å². The number of aliphatic hydroxyl groups is 1. The van der Waals surface area contributed by atoms with Gasteiger partial charge in [-0.15, -0.1) is 0 Å². The first-order chi connectivity index (χ1) is 4.84. The van der Waals surface area contributed by atoms with Gasteiger partial charge in [0.2, 0.25) is 0 Å². The van der Waals surface area contributed by atoms with Crippen molar-refractivity contribution in [1.82, 2.24) is 0 Å². The molecule has 56 valence electrons. The molecule has 0 amide bonds. The van der Waals surface area contributed by atoms with Crippen LogP contribution in [0.2, 0.25) is 0 Å². The largest absolute Gasteiger partial charge is 1.00 e. The fraction of sp³-hybridized carbons (Fsp3) is 0.333. The Morgan fingerprint density at radius 1 is 1.36 bits per heavy atom. The Kier molecular flexibility index (Phi) is 6.82. The molecule has 0 heterocycles. The Hall–Kier alpha value is 0.816. The zero-order valence-corrected chi connectivity index (χ0v) is 10.2. The average molecular weight is 176 g/mol. The number of rotatable bonds is 2. The molecule has 0 aliphatic carbocycles. The number of hydrogen-bond acceptors (Lipinski definition) is 1. The molecular formula is C9H13KO. The zero-order chi connectivity index (χ0) is 7.40. The molecule has 1 aromatic carbocycles. The van der Waals surface area contributed by atoms with E-state index in [4.69, 9.17) is 5.11 Å². The van der Waals surface area contributed by atoms with E-state index in [0.717, 1.165) is 0 Å². The first-order valence-electron chi connectivity index (χ1n) is 3.50. The Labute approximate surface area is 112 Å². The predicted molar refractivity (Wildman–Crippen MR) is 43.1 cm³/mol. The van der Waals surface area contributed by atoms with Crippen LogP contribution in [-0.4, -0.2) is 11.7 Å². The van der Waals surface area contributed by atoms with Gasteiger partial charge in [0.1, 0.15) is 0 Å². The second kappa shape index (κ2) is 6.35. The SMILES string of the molecule is CC(CO)c1ccccc1.[H-].[K+]. The minimum Gasteiger partial charge on any atom is -1.00 e. The van der Waals surface area contributed by atoms with Gasteiger partial charge in [0, 0.05) is 12.5 Å². The Morgan fingerprint density at radius 2 is 1.91 bits per heavy atom. The third-order valence-corrected chi connectivity index (χ3v) is 1.64. The molecule has 0 bridgehead atoms. The number of benzene rings is 1. The standard InChI is InChI=1S/C9H12O.K.H/c1-8(7-10)9-5-3-2-4-6-9;;/h2-6,8,10H,7H2,1H3;;/q;+1;-1. The summed E-state index contributed by atoms with van der Waals surface area (Å²) in [6.07, 6.45) is 0. The van der Waals surface area contributed by atoms with E-state index in [0.29, 0.717) is 0 Å². The molecule has 1 N–H and O–H groups in total. The summed E-state index contributed by atoms with van der Waals surface area (Å²) in [6, 6.07) is 10.0. The minimum atomic E-state index is 0. The maximum atomic E-state index is 8.79. The molecule has 0 aliphatic heterocycles. The normalized spacial score (nSPS) is 11.8. The first-order valence-corrected chi connectivity index (χ1v) is 3.50. The van der Waals surface area contributed by atoms with Crippen LogP contribution in [0.4, 0.5) is 0 Å². The van der Waals surface area contributed by atoms with Gasteiger partial charge in [0.25, 0.3) is 0 Å². The molecule has 1 rings (SSSR count). The van der Waals surface area contributed by atoms with Gasteiger partial charge in [0.15, 0.2) is 0 Å². The molecule has 1 aromatic rings. The van der Waals surface area contributed by atoms with Gasteiger partial charge in [-0.1, -0.05) is 37.3 Å². The predicted octanol–water partition coefficient (Wildman–Crippen LogP) is -1.10. The van der Waals surface area contributed by atoms with Gasteiger partial charge in [-0.25, -0.2) is 0 Å². The third-order valence-electron chi connectivity index (χ3n) is 1.64. The van der Waals surface area contributed by atoms with Crippen LogP contribution in [0.1, 0.15) is 19.8 Å². The van der Waals surface area contributed by atoms with E-state index in [1.807, 2.05) is 37.3 Å². The molecule has 11 heavy (non-hydrogen) atoms. The van der Waals surface area contributed by atoms with Gasteiger partial charge in [-0.2, -0.15) is 0 Å². The summed E-state index contributed by atoms with van der Waals surface area (Å²) >= 11 is 0. The van der Waals surface area contributed by atoms with Crippen molar-refractivity contribution in [2.45, 2.75) is 12.8 Å². The summed E-state index contributed by atoms with van der Waals surface area (Å²) in [5.74, 6) is 0.265. The van der Waals surface area contributed by atoms with Crippen LogP contribution in [0.3, 0.4) is 0 Å². The monoisotopic (exact) mass is 176 g/mol. The van der Waals surface area contributed by atoms with Gasteiger partial charge < -0.3 is 6.53 Å². The average Bonchev–Trinajstić information content (AvgIpc) is 2.05. The smallest absolute Gasteiger partial charge is 1.00 e. The molecule has 0 radical (unpaired) electrons. The van der Waals surface area contributed by atoms with Crippen molar-refractivity contribution in [3.8, 4) is 0 Å². The van der Waals surface area contributed by atoms with Crippen molar-refractivity contribution in [1.29, 1.82) is 0 Å². The number of aliphatic hydroxyl groups excluding tert-OH is 1. The molecule has 1 unspecified atom stereocenters. The van der Waals surface area contributed by atoms with Gasteiger partial charge in [-0.05, 0) is 5.56 Å².